The molecule has 0 atom stereocenters. The predicted molar refractivity (Wildman–Crippen MR) is 89.2 cm³/mol. The van der Waals surface area contributed by atoms with Crippen LogP contribution in [0, 0.1) is 0 Å². The highest BCUT2D eigenvalue weighted by Crippen LogP contribution is 2.37. The maximum absolute atomic E-state index is 9.27. The molecule has 0 aliphatic rings. The molecular weight excluding hydrogens is 298 g/mol. The molecule has 22 heavy (non-hydrogen) atoms. The fourth-order valence-electron chi connectivity index (χ4n) is 2.49. The standard InChI is InChI=1S/C16H17N3O2S/c20-8-6-19(7-9-21)15-14-13(12-4-2-1-3-5-12)10-22-16(14)18-11-17-15/h1-5,10-11,20-21H,6-9H2. The molecule has 2 heterocycles. The summed E-state index contributed by atoms with van der Waals surface area (Å²) in [7, 11) is 0. The highest BCUT2D eigenvalue weighted by atomic mass is 32.1. The lowest BCUT2D eigenvalue weighted by molar-refractivity contribution is 0.281. The van der Waals surface area contributed by atoms with Crippen LogP contribution in [0.15, 0.2) is 42.0 Å². The SMILES string of the molecule is OCCN(CCO)c1ncnc2scc(-c3ccccc3)c12. The molecule has 0 saturated heterocycles. The molecule has 2 N–H and O–H groups in total. The Morgan fingerprint density at radius 1 is 1.00 bits per heavy atom. The molecule has 1 aromatic carbocycles. The van der Waals surface area contributed by atoms with Crippen molar-refractivity contribution < 1.29 is 10.2 Å². The lowest BCUT2D eigenvalue weighted by Crippen LogP contribution is -2.30. The van der Waals surface area contributed by atoms with E-state index in [-0.39, 0.29) is 13.2 Å². The number of fused-ring (bicyclic) bond motifs is 1. The Kier molecular flexibility index (Phi) is 4.62. The molecule has 0 aliphatic carbocycles. The highest BCUT2D eigenvalue weighted by Gasteiger charge is 2.17. The van der Waals surface area contributed by atoms with Crippen LogP contribution in [-0.2, 0) is 0 Å². The van der Waals surface area contributed by atoms with Crippen molar-refractivity contribution in [2.24, 2.45) is 0 Å². The van der Waals surface area contributed by atoms with E-state index in [1.807, 2.05) is 23.1 Å². The smallest absolute Gasteiger partial charge is 0.141 e. The summed E-state index contributed by atoms with van der Waals surface area (Å²) in [5.41, 5.74) is 2.19. The molecule has 114 valence electrons. The van der Waals surface area contributed by atoms with Gasteiger partial charge in [-0.15, -0.1) is 11.3 Å². The van der Waals surface area contributed by atoms with Gasteiger partial charge in [-0.1, -0.05) is 30.3 Å². The van der Waals surface area contributed by atoms with E-state index in [1.165, 1.54) is 6.33 Å². The van der Waals surface area contributed by atoms with E-state index in [9.17, 15) is 10.2 Å². The zero-order valence-corrected chi connectivity index (χ0v) is 12.8. The van der Waals surface area contributed by atoms with Gasteiger partial charge in [0.25, 0.3) is 0 Å². The van der Waals surface area contributed by atoms with Gasteiger partial charge < -0.3 is 15.1 Å². The fourth-order valence-corrected chi connectivity index (χ4v) is 3.40. The minimum absolute atomic E-state index is 0.0102. The zero-order valence-electron chi connectivity index (χ0n) is 12.0. The number of aliphatic hydroxyl groups excluding tert-OH is 2. The van der Waals surface area contributed by atoms with Crippen LogP contribution in [0.25, 0.3) is 21.3 Å². The summed E-state index contributed by atoms with van der Waals surface area (Å²) in [4.78, 5) is 11.5. The summed E-state index contributed by atoms with van der Waals surface area (Å²) in [6, 6.07) is 10.1. The summed E-state index contributed by atoms with van der Waals surface area (Å²) in [6.07, 6.45) is 1.53. The Morgan fingerprint density at radius 3 is 2.41 bits per heavy atom. The molecular formula is C16H17N3O2S. The Hall–Kier alpha value is -2.02. The summed E-state index contributed by atoms with van der Waals surface area (Å²) in [5.74, 6) is 0.758. The minimum atomic E-state index is 0.0102. The van der Waals surface area contributed by atoms with Gasteiger partial charge in [0.2, 0.25) is 0 Å². The normalized spacial score (nSPS) is 11.0. The van der Waals surface area contributed by atoms with Gasteiger partial charge in [0, 0.05) is 24.0 Å². The van der Waals surface area contributed by atoms with Crippen molar-refractivity contribution >= 4 is 27.4 Å². The quantitative estimate of drug-likeness (QED) is 0.729. The second-order valence-electron chi connectivity index (χ2n) is 4.83. The van der Waals surface area contributed by atoms with E-state index in [2.05, 4.69) is 27.5 Å². The van der Waals surface area contributed by atoms with Gasteiger partial charge in [-0.2, -0.15) is 0 Å². The summed E-state index contributed by atoms with van der Waals surface area (Å²) >= 11 is 1.57. The van der Waals surface area contributed by atoms with Crippen molar-refractivity contribution in [1.82, 2.24) is 9.97 Å². The predicted octanol–water partition coefficient (Wildman–Crippen LogP) is 2.15. The Bertz CT molecular complexity index is 739. The number of benzene rings is 1. The van der Waals surface area contributed by atoms with Crippen LogP contribution in [0.1, 0.15) is 0 Å². The molecule has 0 bridgehead atoms. The maximum atomic E-state index is 9.27. The zero-order chi connectivity index (χ0) is 15.4. The van der Waals surface area contributed by atoms with E-state index in [0.717, 1.165) is 27.2 Å². The van der Waals surface area contributed by atoms with Gasteiger partial charge in [0.1, 0.15) is 17.0 Å². The third kappa shape index (κ3) is 2.81. The van der Waals surface area contributed by atoms with Crippen LogP contribution in [0.3, 0.4) is 0 Å². The first kappa shape index (κ1) is 14.9. The first-order valence-corrected chi connectivity index (χ1v) is 7.97. The van der Waals surface area contributed by atoms with E-state index in [0.29, 0.717) is 13.1 Å². The Balaban J connectivity index is 2.16. The van der Waals surface area contributed by atoms with Crippen LogP contribution in [0.5, 0.6) is 0 Å². The summed E-state index contributed by atoms with van der Waals surface area (Å²) in [5, 5.41) is 21.6. The Morgan fingerprint density at radius 2 is 1.73 bits per heavy atom. The van der Waals surface area contributed by atoms with Crippen molar-refractivity contribution in [2.45, 2.75) is 0 Å². The molecule has 6 heteroatoms. The van der Waals surface area contributed by atoms with Crippen molar-refractivity contribution in [2.75, 3.05) is 31.2 Å². The minimum Gasteiger partial charge on any atom is -0.395 e. The second kappa shape index (κ2) is 6.83. The molecule has 0 amide bonds. The number of anilines is 1. The van der Waals surface area contributed by atoms with Crippen molar-refractivity contribution in [3.63, 3.8) is 0 Å². The monoisotopic (exact) mass is 315 g/mol. The molecule has 0 saturated carbocycles. The first-order chi connectivity index (χ1) is 10.8. The molecule has 0 fully saturated rings. The lowest BCUT2D eigenvalue weighted by atomic mass is 10.1. The van der Waals surface area contributed by atoms with E-state index in [1.54, 1.807) is 11.3 Å². The van der Waals surface area contributed by atoms with Crippen LogP contribution in [0.4, 0.5) is 5.82 Å². The molecule has 2 aromatic heterocycles. The van der Waals surface area contributed by atoms with Crippen LogP contribution >= 0.6 is 11.3 Å². The molecule has 0 unspecified atom stereocenters. The maximum Gasteiger partial charge on any atom is 0.141 e. The molecule has 5 nitrogen and oxygen atoms in total. The molecule has 3 rings (SSSR count). The van der Waals surface area contributed by atoms with Crippen molar-refractivity contribution in [3.05, 3.63) is 42.0 Å². The third-order valence-corrected chi connectivity index (χ3v) is 4.36. The number of hydrogen-bond acceptors (Lipinski definition) is 6. The van der Waals surface area contributed by atoms with Gasteiger partial charge >= 0.3 is 0 Å². The van der Waals surface area contributed by atoms with Gasteiger partial charge in [0.15, 0.2) is 0 Å². The number of thiophene rings is 1. The van der Waals surface area contributed by atoms with Crippen LogP contribution in [-0.4, -0.2) is 46.5 Å². The average molecular weight is 315 g/mol. The van der Waals surface area contributed by atoms with Gasteiger partial charge in [-0.25, -0.2) is 9.97 Å². The van der Waals surface area contributed by atoms with Crippen LogP contribution in [0.2, 0.25) is 0 Å². The number of hydrogen-bond donors (Lipinski definition) is 2. The summed E-state index contributed by atoms with van der Waals surface area (Å²) < 4.78 is 0. The largest absolute Gasteiger partial charge is 0.395 e. The number of nitrogens with zero attached hydrogens (tertiary/aromatic N) is 3. The number of aromatic nitrogens is 2. The number of aliphatic hydroxyl groups is 2. The summed E-state index contributed by atoms with van der Waals surface area (Å²) in [6.45, 7) is 0.875. The van der Waals surface area contributed by atoms with Crippen LogP contribution < -0.4 is 4.90 Å². The van der Waals surface area contributed by atoms with Crippen molar-refractivity contribution in [1.29, 1.82) is 0 Å². The third-order valence-electron chi connectivity index (χ3n) is 3.47. The molecule has 3 aromatic rings. The Labute approximate surface area is 132 Å². The molecule has 0 spiro atoms. The first-order valence-electron chi connectivity index (χ1n) is 7.09. The molecule has 0 aliphatic heterocycles. The van der Waals surface area contributed by atoms with Crippen molar-refractivity contribution in [3.8, 4) is 11.1 Å². The topological polar surface area (TPSA) is 69.5 Å². The average Bonchev–Trinajstić information content (AvgIpc) is 2.99. The molecule has 0 radical (unpaired) electrons. The van der Waals surface area contributed by atoms with E-state index in [4.69, 9.17) is 0 Å². The highest BCUT2D eigenvalue weighted by molar-refractivity contribution is 7.17. The van der Waals surface area contributed by atoms with Gasteiger partial charge in [-0.05, 0) is 5.56 Å². The lowest BCUT2D eigenvalue weighted by Gasteiger charge is -2.22. The van der Waals surface area contributed by atoms with Gasteiger partial charge in [0.05, 0.1) is 18.6 Å². The van der Waals surface area contributed by atoms with E-state index < -0.39 is 0 Å². The second-order valence-corrected chi connectivity index (χ2v) is 5.69. The van der Waals surface area contributed by atoms with Gasteiger partial charge in [-0.3, -0.25) is 0 Å². The fraction of sp³-hybridized carbons (Fsp3) is 0.250. The van der Waals surface area contributed by atoms with E-state index >= 15 is 0 Å². The number of rotatable bonds is 6.